The van der Waals surface area contributed by atoms with Crippen molar-refractivity contribution in [3.05, 3.63) is 60.6 Å². The molecule has 1 atom stereocenters. The highest BCUT2D eigenvalue weighted by Gasteiger charge is 2.06. The van der Waals surface area contributed by atoms with E-state index in [0.29, 0.717) is 19.0 Å². The molecule has 0 radical (unpaired) electrons. The van der Waals surface area contributed by atoms with Gasteiger partial charge in [-0.05, 0) is 35.7 Å². The lowest BCUT2D eigenvalue weighted by Crippen LogP contribution is -2.38. The van der Waals surface area contributed by atoms with E-state index in [4.69, 9.17) is 0 Å². The minimum atomic E-state index is -0.159. The molecule has 0 saturated carbocycles. The summed E-state index contributed by atoms with van der Waals surface area (Å²) in [5.74, 6) is 0.308. The summed E-state index contributed by atoms with van der Waals surface area (Å²) in [6.07, 6.45) is 5.45. The van der Waals surface area contributed by atoms with Crippen LogP contribution in [0.4, 0.5) is 4.79 Å². The van der Waals surface area contributed by atoms with Gasteiger partial charge < -0.3 is 10.6 Å². The van der Waals surface area contributed by atoms with Gasteiger partial charge in [0.2, 0.25) is 0 Å². The Morgan fingerprint density at radius 1 is 1.21 bits per heavy atom. The van der Waals surface area contributed by atoms with Crippen LogP contribution in [0, 0.1) is 5.92 Å². The van der Waals surface area contributed by atoms with Gasteiger partial charge in [-0.25, -0.2) is 4.79 Å². The van der Waals surface area contributed by atoms with Crippen molar-refractivity contribution in [2.24, 2.45) is 5.92 Å². The normalized spacial score (nSPS) is 12.0. The summed E-state index contributed by atoms with van der Waals surface area (Å²) in [7, 11) is 0. The van der Waals surface area contributed by atoms with Gasteiger partial charge in [0.05, 0.1) is 5.52 Å². The van der Waals surface area contributed by atoms with Crippen LogP contribution in [0.2, 0.25) is 0 Å². The number of carbonyl (C=O) groups excluding carboxylic acids is 1. The number of rotatable bonds is 6. The number of hydrogen-bond donors (Lipinski definition) is 2. The quantitative estimate of drug-likeness (QED) is 0.732. The molecule has 2 N–H and O–H groups in total. The molecule has 0 unspecified atom stereocenters. The van der Waals surface area contributed by atoms with Crippen LogP contribution in [-0.4, -0.2) is 27.3 Å². The standard InChI is InChI=1S/C18H21N5O/c1-14(13-23-9-3-8-22-23)11-20-18(24)21-12-15-5-6-17-16(10-15)4-2-7-19-17/h2-10,14H,11-13H2,1H3,(H2,20,21,24)/t14-/m1/s1. The molecule has 2 amide bonds. The van der Waals surface area contributed by atoms with Crippen LogP contribution in [0.25, 0.3) is 10.9 Å². The third-order valence-electron chi connectivity index (χ3n) is 3.79. The van der Waals surface area contributed by atoms with Crippen molar-refractivity contribution < 1.29 is 4.79 Å². The van der Waals surface area contributed by atoms with Crippen molar-refractivity contribution in [1.29, 1.82) is 0 Å². The summed E-state index contributed by atoms with van der Waals surface area (Å²) < 4.78 is 1.87. The Bertz CT molecular complexity index is 800. The molecule has 0 spiro atoms. The zero-order valence-corrected chi connectivity index (χ0v) is 13.6. The van der Waals surface area contributed by atoms with E-state index in [-0.39, 0.29) is 6.03 Å². The highest BCUT2D eigenvalue weighted by molar-refractivity contribution is 5.79. The summed E-state index contributed by atoms with van der Waals surface area (Å²) in [4.78, 5) is 16.2. The van der Waals surface area contributed by atoms with Crippen LogP contribution < -0.4 is 10.6 Å². The molecule has 0 saturated heterocycles. The van der Waals surface area contributed by atoms with E-state index >= 15 is 0 Å². The second-order valence-electron chi connectivity index (χ2n) is 5.93. The summed E-state index contributed by atoms with van der Waals surface area (Å²) in [5, 5.41) is 11.0. The molecule has 24 heavy (non-hydrogen) atoms. The van der Waals surface area contributed by atoms with E-state index in [0.717, 1.165) is 23.0 Å². The predicted molar refractivity (Wildman–Crippen MR) is 93.4 cm³/mol. The first-order valence-corrected chi connectivity index (χ1v) is 8.03. The average Bonchev–Trinajstić information content (AvgIpc) is 3.11. The molecule has 0 aliphatic rings. The lowest BCUT2D eigenvalue weighted by atomic mass is 10.1. The Balaban J connectivity index is 1.44. The smallest absolute Gasteiger partial charge is 0.315 e. The maximum absolute atomic E-state index is 11.9. The first-order chi connectivity index (χ1) is 11.7. The number of urea groups is 1. The van der Waals surface area contributed by atoms with Gasteiger partial charge in [-0.3, -0.25) is 9.67 Å². The minimum Gasteiger partial charge on any atom is -0.338 e. The lowest BCUT2D eigenvalue weighted by Gasteiger charge is -2.13. The second kappa shape index (κ2) is 7.59. The van der Waals surface area contributed by atoms with E-state index in [1.54, 1.807) is 12.4 Å². The van der Waals surface area contributed by atoms with Crippen molar-refractivity contribution in [3.63, 3.8) is 0 Å². The van der Waals surface area contributed by atoms with Crippen LogP contribution in [0.1, 0.15) is 12.5 Å². The van der Waals surface area contributed by atoms with Gasteiger partial charge in [0, 0.05) is 43.6 Å². The van der Waals surface area contributed by atoms with Crippen LogP contribution in [0.5, 0.6) is 0 Å². The molecular formula is C18H21N5O. The van der Waals surface area contributed by atoms with Gasteiger partial charge in [-0.2, -0.15) is 5.10 Å². The molecule has 0 fully saturated rings. The monoisotopic (exact) mass is 323 g/mol. The van der Waals surface area contributed by atoms with Crippen LogP contribution >= 0.6 is 0 Å². The van der Waals surface area contributed by atoms with Gasteiger partial charge in [0.1, 0.15) is 0 Å². The third kappa shape index (κ3) is 4.32. The summed E-state index contributed by atoms with van der Waals surface area (Å²) in [6, 6.07) is 11.7. The zero-order valence-electron chi connectivity index (χ0n) is 13.6. The van der Waals surface area contributed by atoms with Gasteiger partial charge in [-0.1, -0.05) is 19.1 Å². The number of nitrogens with zero attached hydrogens (tertiary/aromatic N) is 3. The topological polar surface area (TPSA) is 71.8 Å². The van der Waals surface area contributed by atoms with Gasteiger partial charge >= 0.3 is 6.03 Å². The van der Waals surface area contributed by atoms with Gasteiger partial charge in [0.15, 0.2) is 0 Å². The van der Waals surface area contributed by atoms with E-state index in [1.165, 1.54) is 0 Å². The van der Waals surface area contributed by atoms with E-state index < -0.39 is 0 Å². The molecule has 0 bridgehead atoms. The fourth-order valence-corrected chi connectivity index (χ4v) is 2.54. The number of carbonyl (C=O) groups is 1. The zero-order chi connectivity index (χ0) is 16.8. The SMILES string of the molecule is C[C@H](CNC(=O)NCc1ccc2ncccc2c1)Cn1cccn1. The lowest BCUT2D eigenvalue weighted by molar-refractivity contribution is 0.238. The number of nitrogens with one attached hydrogen (secondary N) is 2. The minimum absolute atomic E-state index is 0.159. The van der Waals surface area contributed by atoms with Crippen molar-refractivity contribution in [2.75, 3.05) is 6.54 Å². The maximum Gasteiger partial charge on any atom is 0.315 e. The van der Waals surface area contributed by atoms with Crippen LogP contribution in [-0.2, 0) is 13.1 Å². The highest BCUT2D eigenvalue weighted by atomic mass is 16.2. The number of benzene rings is 1. The van der Waals surface area contributed by atoms with E-state index in [1.807, 2.05) is 47.3 Å². The predicted octanol–water partition coefficient (Wildman–Crippen LogP) is 2.57. The van der Waals surface area contributed by atoms with Crippen LogP contribution in [0.3, 0.4) is 0 Å². The molecule has 6 nitrogen and oxygen atoms in total. The Labute approximate surface area is 140 Å². The second-order valence-corrected chi connectivity index (χ2v) is 5.93. The van der Waals surface area contributed by atoms with Gasteiger partial charge in [-0.15, -0.1) is 0 Å². The molecule has 2 heterocycles. The molecule has 124 valence electrons. The average molecular weight is 323 g/mol. The summed E-state index contributed by atoms with van der Waals surface area (Å²) in [5.41, 5.74) is 2.01. The van der Waals surface area contributed by atoms with Crippen molar-refractivity contribution in [3.8, 4) is 0 Å². The molecule has 3 aromatic rings. The molecule has 2 aromatic heterocycles. The Hall–Kier alpha value is -2.89. The van der Waals surface area contributed by atoms with E-state index in [2.05, 4.69) is 27.6 Å². The number of amides is 2. The fraction of sp³-hybridized carbons (Fsp3) is 0.278. The first-order valence-electron chi connectivity index (χ1n) is 8.03. The Morgan fingerprint density at radius 2 is 2.12 bits per heavy atom. The summed E-state index contributed by atoms with van der Waals surface area (Å²) >= 11 is 0. The molecule has 3 rings (SSSR count). The maximum atomic E-state index is 11.9. The van der Waals surface area contributed by atoms with E-state index in [9.17, 15) is 4.79 Å². The summed E-state index contributed by atoms with van der Waals surface area (Å²) in [6.45, 7) is 3.96. The third-order valence-corrected chi connectivity index (χ3v) is 3.79. The fourth-order valence-electron chi connectivity index (χ4n) is 2.54. The number of aromatic nitrogens is 3. The Kier molecular flexibility index (Phi) is 5.05. The molecular weight excluding hydrogens is 302 g/mol. The molecule has 0 aliphatic heterocycles. The number of fused-ring (bicyclic) bond motifs is 1. The highest BCUT2D eigenvalue weighted by Crippen LogP contribution is 2.13. The van der Waals surface area contributed by atoms with Crippen molar-refractivity contribution >= 4 is 16.9 Å². The largest absolute Gasteiger partial charge is 0.338 e. The molecule has 1 aromatic carbocycles. The van der Waals surface area contributed by atoms with Crippen LogP contribution in [0.15, 0.2) is 55.0 Å². The number of pyridine rings is 1. The first kappa shape index (κ1) is 16.0. The Morgan fingerprint density at radius 3 is 2.96 bits per heavy atom. The molecule has 6 heteroatoms. The van der Waals surface area contributed by atoms with Crippen molar-refractivity contribution in [1.82, 2.24) is 25.4 Å². The van der Waals surface area contributed by atoms with Crippen molar-refractivity contribution in [2.45, 2.75) is 20.0 Å². The van der Waals surface area contributed by atoms with Gasteiger partial charge in [0.25, 0.3) is 0 Å². The number of hydrogen-bond acceptors (Lipinski definition) is 3. The molecule has 0 aliphatic carbocycles.